The summed E-state index contributed by atoms with van der Waals surface area (Å²) in [6.45, 7) is 0.663. The van der Waals surface area contributed by atoms with Crippen molar-refractivity contribution < 1.29 is 9.53 Å². The van der Waals surface area contributed by atoms with Gasteiger partial charge in [-0.2, -0.15) is 0 Å². The third-order valence-electron chi connectivity index (χ3n) is 0.709. The van der Waals surface area contributed by atoms with Crippen LogP contribution in [0.3, 0.4) is 0 Å². The Bertz CT molecular complexity index is 93.0. The van der Waals surface area contributed by atoms with E-state index in [9.17, 15) is 4.79 Å². The van der Waals surface area contributed by atoms with Gasteiger partial charge in [-0.3, -0.25) is 0 Å². The van der Waals surface area contributed by atoms with Crippen LogP contribution in [0.2, 0.25) is 0 Å². The quantitative estimate of drug-likeness (QED) is 0.558. The molecule has 0 atom stereocenters. The molecule has 0 rings (SSSR count). The van der Waals surface area contributed by atoms with Gasteiger partial charge in [0.25, 0.3) is 0 Å². The molecule has 0 aromatic rings. The van der Waals surface area contributed by atoms with Gasteiger partial charge in [0.15, 0.2) is 0 Å². The molecular weight excluding hydrogens is 120 g/mol. The Hall–Kier alpha value is -0.770. The molecule has 0 saturated carbocycles. The Balaban J connectivity index is 3.28. The second-order valence-electron chi connectivity index (χ2n) is 1.80. The topological polar surface area (TPSA) is 55.6 Å². The van der Waals surface area contributed by atoms with Gasteiger partial charge in [0.1, 0.15) is 6.61 Å². The Morgan fingerprint density at radius 3 is 2.56 bits per heavy atom. The highest BCUT2D eigenvalue weighted by atomic mass is 16.6. The Morgan fingerprint density at radius 1 is 1.67 bits per heavy atom. The van der Waals surface area contributed by atoms with E-state index in [1.807, 2.05) is 0 Å². The largest absolute Gasteiger partial charge is 0.448 e. The van der Waals surface area contributed by atoms with Crippen molar-refractivity contribution in [2.75, 3.05) is 27.2 Å². The van der Waals surface area contributed by atoms with Gasteiger partial charge in [0, 0.05) is 20.6 Å². The van der Waals surface area contributed by atoms with Crippen LogP contribution < -0.4 is 5.73 Å². The molecule has 0 radical (unpaired) electrons. The predicted octanol–water partition coefficient (Wildman–Crippen LogP) is -0.357. The Kier molecular flexibility index (Phi) is 3.79. The van der Waals surface area contributed by atoms with Gasteiger partial charge >= 0.3 is 6.09 Å². The summed E-state index contributed by atoms with van der Waals surface area (Å²) >= 11 is 0. The van der Waals surface area contributed by atoms with Crippen LogP contribution in [0.1, 0.15) is 0 Å². The maximum Gasteiger partial charge on any atom is 0.409 e. The monoisotopic (exact) mass is 132 g/mol. The van der Waals surface area contributed by atoms with Crippen molar-refractivity contribution in [1.29, 1.82) is 0 Å². The molecule has 4 heteroatoms. The van der Waals surface area contributed by atoms with Crippen molar-refractivity contribution in [3.05, 3.63) is 0 Å². The lowest BCUT2D eigenvalue weighted by Gasteiger charge is -2.09. The molecule has 0 aliphatic heterocycles. The van der Waals surface area contributed by atoms with Gasteiger partial charge in [-0.15, -0.1) is 0 Å². The summed E-state index contributed by atoms with van der Waals surface area (Å²) in [6, 6.07) is 0. The molecule has 0 aliphatic rings. The lowest BCUT2D eigenvalue weighted by molar-refractivity contribution is 0.121. The van der Waals surface area contributed by atoms with Crippen LogP contribution in [0.4, 0.5) is 4.79 Å². The van der Waals surface area contributed by atoms with Crippen molar-refractivity contribution >= 4 is 6.09 Å². The average Bonchev–Trinajstić information content (AvgIpc) is 1.82. The zero-order chi connectivity index (χ0) is 7.28. The summed E-state index contributed by atoms with van der Waals surface area (Å²) in [5, 5.41) is 0. The van der Waals surface area contributed by atoms with Crippen molar-refractivity contribution in [3.8, 4) is 0 Å². The Morgan fingerprint density at radius 2 is 2.22 bits per heavy atom. The summed E-state index contributed by atoms with van der Waals surface area (Å²) in [5.74, 6) is 0. The summed E-state index contributed by atoms with van der Waals surface area (Å²) < 4.78 is 4.61. The van der Waals surface area contributed by atoms with Crippen LogP contribution in [0.25, 0.3) is 0 Å². The third-order valence-corrected chi connectivity index (χ3v) is 0.709. The molecule has 0 fully saturated rings. The van der Waals surface area contributed by atoms with Gasteiger partial charge in [0.05, 0.1) is 0 Å². The van der Waals surface area contributed by atoms with E-state index in [0.717, 1.165) is 0 Å². The lowest BCUT2D eigenvalue weighted by atomic mass is 10.7. The third kappa shape index (κ3) is 3.78. The number of hydrogen-bond donors (Lipinski definition) is 1. The van der Waals surface area contributed by atoms with E-state index in [4.69, 9.17) is 5.73 Å². The number of carbonyl (C=O) groups excluding carboxylic acids is 1. The maximum atomic E-state index is 10.5. The maximum absolute atomic E-state index is 10.5. The van der Waals surface area contributed by atoms with Crippen LogP contribution in [0.15, 0.2) is 0 Å². The fourth-order valence-corrected chi connectivity index (χ4v) is 0.275. The number of rotatable bonds is 2. The first-order valence-electron chi connectivity index (χ1n) is 2.72. The van der Waals surface area contributed by atoms with Crippen LogP contribution in [0, 0.1) is 0 Å². The second-order valence-corrected chi connectivity index (χ2v) is 1.80. The molecule has 0 spiro atoms. The smallest absolute Gasteiger partial charge is 0.409 e. The minimum absolute atomic E-state index is 0.289. The molecule has 54 valence electrons. The number of nitrogens with zero attached hydrogens (tertiary/aromatic N) is 1. The van der Waals surface area contributed by atoms with Gasteiger partial charge in [-0.1, -0.05) is 0 Å². The van der Waals surface area contributed by atoms with Crippen molar-refractivity contribution in [2.45, 2.75) is 0 Å². The van der Waals surface area contributed by atoms with Gasteiger partial charge < -0.3 is 15.4 Å². The first-order valence-corrected chi connectivity index (χ1v) is 2.72. The molecular formula is C5H12N2O2. The van der Waals surface area contributed by atoms with E-state index >= 15 is 0 Å². The number of nitrogens with two attached hydrogens (primary N) is 1. The van der Waals surface area contributed by atoms with Crippen LogP contribution >= 0.6 is 0 Å². The fraction of sp³-hybridized carbons (Fsp3) is 0.800. The second kappa shape index (κ2) is 4.14. The van der Waals surface area contributed by atoms with E-state index in [1.165, 1.54) is 4.90 Å². The first-order chi connectivity index (χ1) is 4.18. The number of amides is 1. The van der Waals surface area contributed by atoms with Crippen LogP contribution in [-0.4, -0.2) is 38.2 Å². The summed E-state index contributed by atoms with van der Waals surface area (Å²) in [5.41, 5.74) is 5.08. The number of carbonyl (C=O) groups is 1. The summed E-state index contributed by atoms with van der Waals surface area (Å²) in [7, 11) is 3.25. The van der Waals surface area contributed by atoms with E-state index in [-0.39, 0.29) is 12.7 Å². The standard InChI is InChI=1S/C5H12N2O2/c1-7(2)5(8)9-4-3-6/h3-4,6H2,1-2H3. The van der Waals surface area contributed by atoms with Gasteiger partial charge in [0.2, 0.25) is 0 Å². The zero-order valence-corrected chi connectivity index (χ0v) is 5.76. The molecule has 0 saturated heterocycles. The molecule has 0 bridgehead atoms. The zero-order valence-electron chi connectivity index (χ0n) is 5.76. The fourth-order valence-electron chi connectivity index (χ4n) is 0.275. The van der Waals surface area contributed by atoms with Gasteiger partial charge in [-0.25, -0.2) is 4.79 Å². The van der Waals surface area contributed by atoms with Gasteiger partial charge in [-0.05, 0) is 0 Å². The number of hydrogen-bond acceptors (Lipinski definition) is 3. The number of ether oxygens (including phenoxy) is 1. The lowest BCUT2D eigenvalue weighted by Crippen LogP contribution is -2.25. The Labute approximate surface area is 54.6 Å². The highest BCUT2D eigenvalue weighted by molar-refractivity contribution is 5.66. The van der Waals surface area contributed by atoms with E-state index in [2.05, 4.69) is 4.74 Å². The highest BCUT2D eigenvalue weighted by Gasteiger charge is 2.01. The predicted molar refractivity (Wildman–Crippen MR) is 34.1 cm³/mol. The van der Waals surface area contributed by atoms with Crippen molar-refractivity contribution in [2.24, 2.45) is 5.73 Å². The molecule has 0 aliphatic carbocycles. The molecule has 0 heterocycles. The van der Waals surface area contributed by atoms with Crippen LogP contribution in [0.5, 0.6) is 0 Å². The molecule has 9 heavy (non-hydrogen) atoms. The van der Waals surface area contributed by atoms with E-state index in [0.29, 0.717) is 6.54 Å². The first kappa shape index (κ1) is 8.23. The normalized spacial score (nSPS) is 8.78. The average molecular weight is 132 g/mol. The van der Waals surface area contributed by atoms with Crippen LogP contribution in [-0.2, 0) is 4.74 Å². The molecule has 0 unspecified atom stereocenters. The van der Waals surface area contributed by atoms with E-state index in [1.54, 1.807) is 14.1 Å². The summed E-state index contributed by atoms with van der Waals surface area (Å²) in [6.07, 6.45) is -0.347. The molecule has 2 N–H and O–H groups in total. The van der Waals surface area contributed by atoms with E-state index < -0.39 is 0 Å². The van der Waals surface area contributed by atoms with Crippen molar-refractivity contribution in [1.82, 2.24) is 4.90 Å². The molecule has 1 amide bonds. The highest BCUT2D eigenvalue weighted by Crippen LogP contribution is 1.82. The van der Waals surface area contributed by atoms with Crippen molar-refractivity contribution in [3.63, 3.8) is 0 Å². The SMILES string of the molecule is CN(C)C(=O)OCCN. The minimum Gasteiger partial charge on any atom is -0.448 e. The molecule has 0 aromatic heterocycles. The molecule has 4 nitrogen and oxygen atoms in total. The summed E-state index contributed by atoms with van der Waals surface area (Å²) in [4.78, 5) is 11.9. The molecule has 0 aromatic carbocycles. The minimum atomic E-state index is -0.347.